The molecular formula is C26H30O5S. The second-order valence-corrected chi connectivity index (χ2v) is 10.4. The maximum absolute atomic E-state index is 12.4. The van der Waals surface area contributed by atoms with Crippen molar-refractivity contribution in [2.24, 2.45) is 11.8 Å². The maximum Gasteiger partial charge on any atom is 0.294 e. The minimum absolute atomic E-state index is 0.0135. The lowest BCUT2D eigenvalue weighted by atomic mass is 9.74. The summed E-state index contributed by atoms with van der Waals surface area (Å²) in [5.41, 5.74) is 3.51. The summed E-state index contributed by atoms with van der Waals surface area (Å²) in [4.78, 5) is 12.3. The van der Waals surface area contributed by atoms with Gasteiger partial charge < -0.3 is 5.11 Å². The summed E-state index contributed by atoms with van der Waals surface area (Å²) < 4.78 is 34.4. The monoisotopic (exact) mass is 454 g/mol. The highest BCUT2D eigenvalue weighted by Gasteiger charge is 2.32. The van der Waals surface area contributed by atoms with Gasteiger partial charge in [0.1, 0.15) is 5.75 Å². The molecule has 0 heterocycles. The van der Waals surface area contributed by atoms with E-state index >= 15 is 0 Å². The van der Waals surface area contributed by atoms with E-state index in [2.05, 4.69) is 0 Å². The SMILES string of the molecule is Cc1cc(O)c(C(C)C)cc1[C@@H](c1ccccc1S(=O)(=O)O)[C@@H]1C=CC(=O)C(C(C)C)=C1. The Balaban J connectivity index is 2.35. The molecule has 3 rings (SSSR count). The molecule has 1 aliphatic rings. The summed E-state index contributed by atoms with van der Waals surface area (Å²) in [6.07, 6.45) is 5.24. The van der Waals surface area contributed by atoms with Crippen LogP contribution in [0.3, 0.4) is 0 Å². The molecule has 0 radical (unpaired) electrons. The molecule has 0 bridgehead atoms. The van der Waals surface area contributed by atoms with Gasteiger partial charge in [0.05, 0.1) is 4.90 Å². The molecule has 0 saturated heterocycles. The van der Waals surface area contributed by atoms with Crippen molar-refractivity contribution in [2.75, 3.05) is 0 Å². The third kappa shape index (κ3) is 4.71. The largest absolute Gasteiger partial charge is 0.508 e. The second-order valence-electron chi connectivity index (χ2n) is 8.99. The number of aromatic hydroxyl groups is 1. The van der Waals surface area contributed by atoms with Crippen LogP contribution in [0.25, 0.3) is 0 Å². The fourth-order valence-corrected chi connectivity index (χ4v) is 5.15. The molecular weight excluding hydrogens is 424 g/mol. The molecule has 32 heavy (non-hydrogen) atoms. The van der Waals surface area contributed by atoms with Crippen LogP contribution in [0.15, 0.2) is 65.1 Å². The number of ketones is 1. The van der Waals surface area contributed by atoms with Crippen LogP contribution in [0, 0.1) is 18.8 Å². The van der Waals surface area contributed by atoms with Crippen molar-refractivity contribution >= 4 is 15.9 Å². The second kappa shape index (κ2) is 9.04. The summed E-state index contributed by atoms with van der Waals surface area (Å²) in [5, 5.41) is 10.5. The van der Waals surface area contributed by atoms with Gasteiger partial charge in [0, 0.05) is 11.8 Å². The maximum atomic E-state index is 12.4. The Kier molecular flexibility index (Phi) is 6.77. The zero-order valence-electron chi connectivity index (χ0n) is 19.0. The third-order valence-electron chi connectivity index (χ3n) is 6.04. The molecule has 0 aromatic heterocycles. The number of phenolic OH excluding ortho intramolecular Hbond substituents is 1. The van der Waals surface area contributed by atoms with E-state index < -0.39 is 16.0 Å². The fourth-order valence-electron chi connectivity index (χ4n) is 4.40. The Bertz CT molecular complexity index is 1200. The number of carbonyl (C=O) groups is 1. The van der Waals surface area contributed by atoms with Crippen LogP contribution in [-0.4, -0.2) is 23.9 Å². The summed E-state index contributed by atoms with van der Waals surface area (Å²) in [5.74, 6) is -0.587. The van der Waals surface area contributed by atoms with Gasteiger partial charge in [0.15, 0.2) is 5.78 Å². The van der Waals surface area contributed by atoms with Crippen molar-refractivity contribution in [1.82, 2.24) is 0 Å². The predicted octanol–water partition coefficient (Wildman–Crippen LogP) is 5.54. The molecule has 0 spiro atoms. The van der Waals surface area contributed by atoms with Crippen LogP contribution in [-0.2, 0) is 14.9 Å². The smallest absolute Gasteiger partial charge is 0.294 e. The number of rotatable bonds is 6. The van der Waals surface area contributed by atoms with Crippen molar-refractivity contribution < 1.29 is 22.9 Å². The lowest BCUT2D eigenvalue weighted by Crippen LogP contribution is -2.21. The number of hydrogen-bond donors (Lipinski definition) is 2. The van der Waals surface area contributed by atoms with Crippen LogP contribution >= 0.6 is 0 Å². The Morgan fingerprint density at radius 2 is 1.59 bits per heavy atom. The first-order chi connectivity index (χ1) is 14.9. The minimum Gasteiger partial charge on any atom is -0.508 e. The van der Waals surface area contributed by atoms with Crippen molar-refractivity contribution in [3.05, 3.63) is 82.5 Å². The Morgan fingerprint density at radius 1 is 0.938 bits per heavy atom. The standard InChI is InChI=1S/C26H30O5S/c1-15(2)20-13-18(10-11-23(20)27)26(19-8-6-7-9-25(19)32(29,30)31)22-14-21(16(3)4)24(28)12-17(22)5/h6-16,18,26,28H,1-5H3,(H,29,30,31)/t18-,26-/m1/s1. The van der Waals surface area contributed by atoms with Gasteiger partial charge in [0.25, 0.3) is 10.1 Å². The van der Waals surface area contributed by atoms with E-state index in [9.17, 15) is 22.9 Å². The van der Waals surface area contributed by atoms with E-state index in [1.165, 1.54) is 6.07 Å². The highest BCUT2D eigenvalue weighted by Crippen LogP contribution is 2.43. The van der Waals surface area contributed by atoms with Crippen molar-refractivity contribution in [3.8, 4) is 5.75 Å². The van der Waals surface area contributed by atoms with Crippen molar-refractivity contribution in [1.29, 1.82) is 0 Å². The highest BCUT2D eigenvalue weighted by atomic mass is 32.2. The molecule has 2 atom stereocenters. The average molecular weight is 455 g/mol. The van der Waals surface area contributed by atoms with Gasteiger partial charge in [-0.15, -0.1) is 0 Å². The third-order valence-corrected chi connectivity index (χ3v) is 6.97. The molecule has 2 N–H and O–H groups in total. The number of phenols is 1. The van der Waals surface area contributed by atoms with Gasteiger partial charge in [-0.05, 0) is 64.8 Å². The molecule has 2 aromatic carbocycles. The molecule has 5 nitrogen and oxygen atoms in total. The number of hydrogen-bond acceptors (Lipinski definition) is 4. The van der Waals surface area contributed by atoms with Gasteiger partial charge >= 0.3 is 0 Å². The van der Waals surface area contributed by atoms with Crippen LogP contribution < -0.4 is 0 Å². The lowest BCUT2D eigenvalue weighted by Gasteiger charge is -2.30. The Morgan fingerprint density at radius 3 is 2.19 bits per heavy atom. The van der Waals surface area contributed by atoms with Crippen LogP contribution in [0.1, 0.15) is 61.8 Å². The molecule has 6 heteroatoms. The number of aryl methyl sites for hydroxylation is 1. The summed E-state index contributed by atoms with van der Waals surface area (Å²) >= 11 is 0. The van der Waals surface area contributed by atoms with E-state index in [1.54, 1.807) is 36.4 Å². The first-order valence-electron chi connectivity index (χ1n) is 10.8. The average Bonchev–Trinajstić information content (AvgIpc) is 2.70. The van der Waals surface area contributed by atoms with E-state index in [-0.39, 0.29) is 34.2 Å². The Labute approximate surface area is 190 Å². The summed E-state index contributed by atoms with van der Waals surface area (Å²) in [7, 11) is -4.47. The summed E-state index contributed by atoms with van der Waals surface area (Å²) in [6.45, 7) is 9.72. The first-order valence-corrected chi connectivity index (χ1v) is 12.2. The molecule has 0 amide bonds. The van der Waals surface area contributed by atoms with E-state index in [0.29, 0.717) is 11.1 Å². The van der Waals surface area contributed by atoms with Gasteiger partial charge in [-0.1, -0.05) is 64.1 Å². The lowest BCUT2D eigenvalue weighted by molar-refractivity contribution is -0.111. The van der Waals surface area contributed by atoms with E-state index in [1.807, 2.05) is 46.8 Å². The van der Waals surface area contributed by atoms with Gasteiger partial charge in [-0.3, -0.25) is 9.35 Å². The van der Waals surface area contributed by atoms with E-state index in [0.717, 1.165) is 16.7 Å². The summed E-state index contributed by atoms with van der Waals surface area (Å²) in [6, 6.07) is 10.00. The molecule has 1 aliphatic carbocycles. The van der Waals surface area contributed by atoms with Gasteiger partial charge in [-0.25, -0.2) is 0 Å². The molecule has 0 unspecified atom stereocenters. The topological polar surface area (TPSA) is 91.7 Å². The molecule has 0 saturated carbocycles. The van der Waals surface area contributed by atoms with Crippen LogP contribution in [0.5, 0.6) is 5.75 Å². The first kappa shape index (κ1) is 24.0. The minimum atomic E-state index is -4.47. The van der Waals surface area contributed by atoms with Gasteiger partial charge in [-0.2, -0.15) is 8.42 Å². The quantitative estimate of drug-likeness (QED) is 0.559. The van der Waals surface area contributed by atoms with Gasteiger partial charge in [0.2, 0.25) is 0 Å². The highest BCUT2D eigenvalue weighted by molar-refractivity contribution is 7.85. The number of carbonyl (C=O) groups excluding carboxylic acids is 1. The van der Waals surface area contributed by atoms with Crippen molar-refractivity contribution in [2.45, 2.75) is 51.3 Å². The molecule has 2 aromatic rings. The molecule has 170 valence electrons. The zero-order valence-corrected chi connectivity index (χ0v) is 19.8. The fraction of sp³-hybridized carbons (Fsp3) is 0.346. The predicted molar refractivity (Wildman–Crippen MR) is 126 cm³/mol. The van der Waals surface area contributed by atoms with Crippen LogP contribution in [0.2, 0.25) is 0 Å². The molecule has 0 fully saturated rings. The number of allylic oxidation sites excluding steroid dienone is 4. The van der Waals surface area contributed by atoms with E-state index in [4.69, 9.17) is 0 Å². The number of benzene rings is 2. The molecule has 0 aliphatic heterocycles. The normalized spacial score (nSPS) is 17.7. The van der Waals surface area contributed by atoms with Crippen molar-refractivity contribution in [3.63, 3.8) is 0 Å². The Hall–Kier alpha value is -2.70. The van der Waals surface area contributed by atoms with Crippen LogP contribution in [0.4, 0.5) is 0 Å². The zero-order chi connectivity index (χ0) is 23.8.